The van der Waals surface area contributed by atoms with Gasteiger partial charge in [0.2, 0.25) is 0 Å². The first kappa shape index (κ1) is 63.6. The second-order valence-electron chi connectivity index (χ2n) is 18.5. The Labute approximate surface area is 414 Å². The Morgan fingerprint density at radius 1 is 0.313 bits per heavy atom. The number of hydrogen-bond acceptors (Lipinski definition) is 6. The molecule has 0 aliphatic carbocycles. The molecule has 0 N–H and O–H groups in total. The summed E-state index contributed by atoms with van der Waals surface area (Å²) in [7, 11) is 0. The third-order valence-electron chi connectivity index (χ3n) is 11.9. The lowest BCUT2D eigenvalue weighted by Crippen LogP contribution is -2.30. The van der Waals surface area contributed by atoms with Crippen molar-refractivity contribution in [2.24, 2.45) is 0 Å². The zero-order valence-corrected chi connectivity index (χ0v) is 43.9. The van der Waals surface area contributed by atoms with Crippen molar-refractivity contribution < 1.29 is 28.6 Å². The summed E-state index contributed by atoms with van der Waals surface area (Å²) in [5.41, 5.74) is 0. The molecule has 384 valence electrons. The van der Waals surface area contributed by atoms with Gasteiger partial charge in [-0.15, -0.1) is 0 Å². The first-order valence-electron chi connectivity index (χ1n) is 28.1. The summed E-state index contributed by atoms with van der Waals surface area (Å²) >= 11 is 0. The Bertz CT molecular complexity index is 1300. The predicted octanol–water partition coefficient (Wildman–Crippen LogP) is 18.8. The number of esters is 3. The number of carbonyl (C=O) groups is 3. The normalized spacial score (nSPS) is 12.7. The minimum Gasteiger partial charge on any atom is -0.462 e. The van der Waals surface area contributed by atoms with Crippen LogP contribution in [0.15, 0.2) is 85.1 Å². The average Bonchev–Trinajstić information content (AvgIpc) is 3.33. The molecule has 0 aromatic carbocycles. The van der Waals surface area contributed by atoms with Crippen LogP contribution in [0.4, 0.5) is 0 Å². The highest BCUT2D eigenvalue weighted by Crippen LogP contribution is 2.14. The van der Waals surface area contributed by atoms with E-state index < -0.39 is 6.10 Å². The van der Waals surface area contributed by atoms with Crippen molar-refractivity contribution in [1.29, 1.82) is 0 Å². The van der Waals surface area contributed by atoms with Gasteiger partial charge in [-0.1, -0.05) is 215 Å². The first-order chi connectivity index (χ1) is 33.0. The molecule has 0 saturated heterocycles. The smallest absolute Gasteiger partial charge is 0.306 e. The van der Waals surface area contributed by atoms with Gasteiger partial charge in [0.05, 0.1) is 0 Å². The van der Waals surface area contributed by atoms with Gasteiger partial charge in [0.15, 0.2) is 6.10 Å². The average molecular weight is 933 g/mol. The van der Waals surface area contributed by atoms with Crippen molar-refractivity contribution in [3.05, 3.63) is 85.1 Å². The van der Waals surface area contributed by atoms with Gasteiger partial charge in [-0.05, 0) is 116 Å². The van der Waals surface area contributed by atoms with Gasteiger partial charge >= 0.3 is 17.9 Å². The van der Waals surface area contributed by atoms with Crippen LogP contribution in [0.3, 0.4) is 0 Å². The third kappa shape index (κ3) is 53.4. The van der Waals surface area contributed by atoms with Crippen LogP contribution >= 0.6 is 0 Å². The summed E-state index contributed by atoms with van der Waals surface area (Å²) < 4.78 is 16.8. The molecule has 0 aliphatic heterocycles. The molecule has 6 heteroatoms. The van der Waals surface area contributed by atoms with E-state index in [2.05, 4.69) is 106 Å². The summed E-state index contributed by atoms with van der Waals surface area (Å²) in [6.45, 7) is 6.46. The molecule has 0 unspecified atom stereocenters. The van der Waals surface area contributed by atoms with Gasteiger partial charge in [-0.2, -0.15) is 0 Å². The lowest BCUT2D eigenvalue weighted by molar-refractivity contribution is -0.167. The Balaban J connectivity index is 4.44. The Kier molecular flexibility index (Phi) is 52.4. The Hall–Kier alpha value is -3.41. The molecule has 0 radical (unpaired) electrons. The van der Waals surface area contributed by atoms with Gasteiger partial charge in [0.25, 0.3) is 0 Å². The number of hydrogen-bond donors (Lipinski definition) is 0. The minimum absolute atomic E-state index is 0.0898. The molecule has 0 heterocycles. The number of allylic oxidation sites excluding steroid dienone is 14. The van der Waals surface area contributed by atoms with Crippen LogP contribution in [0.25, 0.3) is 0 Å². The molecule has 0 aliphatic rings. The lowest BCUT2D eigenvalue weighted by atomic mass is 10.1. The van der Waals surface area contributed by atoms with Crippen molar-refractivity contribution in [1.82, 2.24) is 0 Å². The minimum atomic E-state index is -0.792. The largest absolute Gasteiger partial charge is 0.462 e. The van der Waals surface area contributed by atoms with E-state index in [0.29, 0.717) is 19.3 Å². The van der Waals surface area contributed by atoms with Crippen LogP contribution in [0.2, 0.25) is 0 Å². The van der Waals surface area contributed by atoms with Crippen LogP contribution in [-0.2, 0) is 28.6 Å². The van der Waals surface area contributed by atoms with Gasteiger partial charge in [-0.25, -0.2) is 0 Å². The van der Waals surface area contributed by atoms with Crippen LogP contribution in [-0.4, -0.2) is 37.2 Å². The molecule has 67 heavy (non-hydrogen) atoms. The molecule has 6 nitrogen and oxygen atoms in total. The van der Waals surface area contributed by atoms with Crippen molar-refractivity contribution in [3.63, 3.8) is 0 Å². The molecule has 0 spiro atoms. The summed E-state index contributed by atoms with van der Waals surface area (Å²) in [5.74, 6) is -0.918. The second kappa shape index (κ2) is 55.2. The lowest BCUT2D eigenvalue weighted by Gasteiger charge is -2.18. The van der Waals surface area contributed by atoms with Crippen LogP contribution in [0.5, 0.6) is 0 Å². The molecule has 0 fully saturated rings. The monoisotopic (exact) mass is 933 g/mol. The van der Waals surface area contributed by atoms with E-state index in [-0.39, 0.29) is 31.1 Å². The SMILES string of the molecule is CC/C=C\C/C=C\C/C=C\CCCCCCCC(=O)OC[C@H](COC(=O)CCCCCCCCC/C=C\C/C=C\CCCCC)OC(=O)CCCCCCCCC/C=C\C/C=C\CCCCC. The van der Waals surface area contributed by atoms with Crippen molar-refractivity contribution in [2.45, 2.75) is 271 Å². The fraction of sp³-hybridized carbons (Fsp3) is 0.721. The van der Waals surface area contributed by atoms with E-state index >= 15 is 0 Å². The fourth-order valence-corrected chi connectivity index (χ4v) is 7.63. The van der Waals surface area contributed by atoms with E-state index in [1.165, 1.54) is 103 Å². The van der Waals surface area contributed by atoms with E-state index in [1.54, 1.807) is 0 Å². The molecule has 0 bridgehead atoms. The summed E-state index contributed by atoms with van der Waals surface area (Å²) in [6, 6.07) is 0. The van der Waals surface area contributed by atoms with Gasteiger partial charge in [-0.3, -0.25) is 14.4 Å². The fourth-order valence-electron chi connectivity index (χ4n) is 7.63. The molecule has 0 saturated carbocycles. The molecule has 1 atom stereocenters. The van der Waals surface area contributed by atoms with Crippen LogP contribution in [0.1, 0.15) is 265 Å². The highest BCUT2D eigenvalue weighted by Gasteiger charge is 2.19. The first-order valence-corrected chi connectivity index (χ1v) is 28.1. The molecule has 0 aromatic heterocycles. The predicted molar refractivity (Wildman–Crippen MR) is 288 cm³/mol. The molecular formula is C61H104O6. The van der Waals surface area contributed by atoms with Crippen molar-refractivity contribution in [2.75, 3.05) is 13.2 Å². The molecule has 0 aromatic rings. The van der Waals surface area contributed by atoms with E-state index in [1.807, 2.05) is 0 Å². The van der Waals surface area contributed by atoms with Crippen molar-refractivity contribution in [3.8, 4) is 0 Å². The molecular weight excluding hydrogens is 829 g/mol. The number of carbonyl (C=O) groups excluding carboxylic acids is 3. The van der Waals surface area contributed by atoms with Crippen LogP contribution < -0.4 is 0 Å². The maximum absolute atomic E-state index is 12.8. The zero-order valence-electron chi connectivity index (χ0n) is 43.9. The van der Waals surface area contributed by atoms with Crippen molar-refractivity contribution >= 4 is 17.9 Å². The maximum Gasteiger partial charge on any atom is 0.306 e. The Morgan fingerprint density at radius 3 is 0.910 bits per heavy atom. The summed E-state index contributed by atoms with van der Waals surface area (Å²) in [4.78, 5) is 38.1. The molecule has 0 rings (SSSR count). The van der Waals surface area contributed by atoms with Gasteiger partial charge in [0, 0.05) is 19.3 Å². The number of rotatable bonds is 50. The van der Waals surface area contributed by atoms with Gasteiger partial charge < -0.3 is 14.2 Å². The van der Waals surface area contributed by atoms with Gasteiger partial charge in [0.1, 0.15) is 13.2 Å². The molecule has 0 amide bonds. The summed E-state index contributed by atoms with van der Waals surface area (Å²) in [6.07, 6.45) is 71.3. The van der Waals surface area contributed by atoms with E-state index in [4.69, 9.17) is 14.2 Å². The second-order valence-corrected chi connectivity index (χ2v) is 18.5. The quantitative estimate of drug-likeness (QED) is 0.0262. The number of ether oxygens (including phenoxy) is 3. The van der Waals surface area contributed by atoms with Crippen LogP contribution in [0, 0.1) is 0 Å². The summed E-state index contributed by atoms with van der Waals surface area (Å²) in [5, 5.41) is 0. The maximum atomic E-state index is 12.8. The highest BCUT2D eigenvalue weighted by atomic mass is 16.6. The standard InChI is InChI=1S/C61H104O6/c1-4-7-10-13-16-19-22-25-28-30-33-36-39-42-45-48-51-54-60(63)66-57-58(56-65-59(62)53-50-47-44-41-38-35-32-27-24-21-18-15-12-9-6-3)67-61(64)55-52-49-46-43-40-37-34-31-29-26-23-20-17-14-11-8-5-2/h9,12,16-21,25-29,32,58H,4-8,10-11,13-15,22-24,30-31,33-57H2,1-3H3/b12-9-,19-16-,20-17-,21-18-,28-25-,29-26-,32-27-/t58-/m1/s1. The highest BCUT2D eigenvalue weighted by molar-refractivity contribution is 5.71. The topological polar surface area (TPSA) is 78.9 Å². The zero-order chi connectivity index (χ0) is 48.6. The number of unbranched alkanes of at least 4 members (excludes halogenated alkanes) is 25. The van der Waals surface area contributed by atoms with E-state index in [0.717, 1.165) is 122 Å². The Morgan fingerprint density at radius 2 is 0.582 bits per heavy atom. The van der Waals surface area contributed by atoms with E-state index in [9.17, 15) is 14.4 Å². The third-order valence-corrected chi connectivity index (χ3v) is 11.9.